The van der Waals surface area contributed by atoms with E-state index in [2.05, 4.69) is 10.2 Å². The third-order valence-electron chi connectivity index (χ3n) is 4.24. The first kappa shape index (κ1) is 14.4. The van der Waals surface area contributed by atoms with Gasteiger partial charge in [-0.1, -0.05) is 0 Å². The van der Waals surface area contributed by atoms with E-state index in [0.717, 1.165) is 25.8 Å². The van der Waals surface area contributed by atoms with Gasteiger partial charge in [0, 0.05) is 13.2 Å². The van der Waals surface area contributed by atoms with Gasteiger partial charge in [0.15, 0.2) is 0 Å². The Balaban J connectivity index is 1.62. The van der Waals surface area contributed by atoms with E-state index < -0.39 is 0 Å². The molecule has 0 radical (unpaired) electrons. The summed E-state index contributed by atoms with van der Waals surface area (Å²) in [5, 5.41) is 7.50. The number of rotatable bonds is 4. The van der Waals surface area contributed by atoms with Gasteiger partial charge in [0.05, 0.1) is 42.8 Å². The molecule has 114 valence electrons. The Morgan fingerprint density at radius 1 is 1.43 bits per heavy atom. The highest BCUT2D eigenvalue weighted by molar-refractivity contribution is 5.94. The van der Waals surface area contributed by atoms with Gasteiger partial charge in [0.2, 0.25) is 0 Å². The van der Waals surface area contributed by atoms with Gasteiger partial charge < -0.3 is 14.4 Å². The number of ether oxygens (including phenoxy) is 2. The molecule has 0 saturated carbocycles. The molecule has 0 aromatic carbocycles. The summed E-state index contributed by atoms with van der Waals surface area (Å²) in [6.07, 6.45) is 6.21. The van der Waals surface area contributed by atoms with E-state index in [1.165, 1.54) is 6.20 Å². The smallest absolute Gasteiger partial charge is 0.255 e. The molecule has 2 saturated heterocycles. The lowest BCUT2D eigenvalue weighted by molar-refractivity contribution is -0.0951. The second-order valence-electron chi connectivity index (χ2n) is 5.52. The largest absolute Gasteiger partial charge is 0.379 e. The first-order valence-electron chi connectivity index (χ1n) is 7.60. The first-order valence-corrected chi connectivity index (χ1v) is 7.60. The summed E-state index contributed by atoms with van der Waals surface area (Å²) in [5.74, 6) is 0.0317. The van der Waals surface area contributed by atoms with Crippen molar-refractivity contribution < 1.29 is 14.3 Å². The molecule has 2 fully saturated rings. The van der Waals surface area contributed by atoms with Crippen molar-refractivity contribution >= 4 is 5.91 Å². The van der Waals surface area contributed by atoms with Crippen LogP contribution in [0.1, 0.15) is 36.5 Å². The van der Waals surface area contributed by atoms with Gasteiger partial charge in [-0.25, -0.2) is 0 Å². The van der Waals surface area contributed by atoms with E-state index >= 15 is 0 Å². The van der Waals surface area contributed by atoms with Crippen LogP contribution in [0.2, 0.25) is 0 Å². The van der Waals surface area contributed by atoms with Crippen LogP contribution in [0.15, 0.2) is 18.5 Å². The number of hydrogen-bond acceptors (Lipinski definition) is 5. The van der Waals surface area contributed by atoms with Gasteiger partial charge in [-0.15, -0.1) is 0 Å². The molecule has 3 atom stereocenters. The Bertz CT molecular complexity index is 482. The molecule has 3 rings (SSSR count). The highest BCUT2D eigenvalue weighted by atomic mass is 16.5. The molecule has 0 N–H and O–H groups in total. The normalized spacial score (nSPS) is 28.4. The van der Waals surface area contributed by atoms with Crippen molar-refractivity contribution in [3.8, 4) is 0 Å². The third-order valence-corrected chi connectivity index (χ3v) is 4.24. The number of carbonyl (C=O) groups is 1. The van der Waals surface area contributed by atoms with E-state index in [-0.39, 0.29) is 24.2 Å². The monoisotopic (exact) mass is 291 g/mol. The Labute approximate surface area is 124 Å². The fourth-order valence-corrected chi connectivity index (χ4v) is 3.20. The minimum atomic E-state index is 0.0317. The van der Waals surface area contributed by atoms with E-state index in [9.17, 15) is 4.79 Å². The lowest BCUT2D eigenvalue weighted by atomic mass is 9.99. The Morgan fingerprint density at radius 2 is 2.33 bits per heavy atom. The topological polar surface area (TPSA) is 64.5 Å². The molecular weight excluding hydrogens is 270 g/mol. The molecule has 0 unspecified atom stereocenters. The Morgan fingerprint density at radius 3 is 3.10 bits per heavy atom. The van der Waals surface area contributed by atoms with E-state index in [1.807, 2.05) is 11.8 Å². The molecule has 0 bridgehead atoms. The lowest BCUT2D eigenvalue weighted by Crippen LogP contribution is -2.46. The number of carbonyl (C=O) groups excluding carboxylic acids is 1. The summed E-state index contributed by atoms with van der Waals surface area (Å²) in [6.45, 7) is 4.11. The molecule has 1 aromatic heterocycles. The van der Waals surface area contributed by atoms with Crippen LogP contribution >= 0.6 is 0 Å². The molecule has 2 aliphatic heterocycles. The van der Waals surface area contributed by atoms with Gasteiger partial charge in [0.1, 0.15) is 0 Å². The molecule has 6 heteroatoms. The summed E-state index contributed by atoms with van der Waals surface area (Å²) >= 11 is 0. The zero-order valence-electron chi connectivity index (χ0n) is 12.3. The average Bonchev–Trinajstić information content (AvgIpc) is 2.96. The molecule has 1 amide bonds. The van der Waals surface area contributed by atoms with E-state index in [1.54, 1.807) is 12.3 Å². The van der Waals surface area contributed by atoms with Crippen molar-refractivity contribution in [3.05, 3.63) is 24.0 Å². The van der Waals surface area contributed by atoms with Gasteiger partial charge in [-0.05, 0) is 32.3 Å². The van der Waals surface area contributed by atoms with Crippen molar-refractivity contribution in [2.75, 3.05) is 19.8 Å². The number of fused-ring (bicyclic) bond motifs is 1. The van der Waals surface area contributed by atoms with Crippen LogP contribution in [-0.4, -0.2) is 59.0 Å². The molecule has 3 heterocycles. The van der Waals surface area contributed by atoms with E-state index in [4.69, 9.17) is 9.47 Å². The summed E-state index contributed by atoms with van der Waals surface area (Å²) in [4.78, 5) is 14.5. The minimum absolute atomic E-state index is 0.0317. The molecule has 0 aliphatic carbocycles. The standard InChI is InChI=1S/C15H21N3O3/c1-2-20-10-12-3-4-13-14(21-12)6-8-18(13)15(19)11-5-7-16-17-9-11/h5,7,9,12-14H,2-4,6,8,10H2,1H3/t12-,13-,14-/m0/s1. The summed E-state index contributed by atoms with van der Waals surface area (Å²) in [7, 11) is 0. The predicted octanol–water partition coefficient (Wildman–Crippen LogP) is 1.28. The fourth-order valence-electron chi connectivity index (χ4n) is 3.20. The van der Waals surface area contributed by atoms with Gasteiger partial charge >= 0.3 is 0 Å². The highest BCUT2D eigenvalue weighted by Crippen LogP contribution is 2.32. The molecular formula is C15H21N3O3. The maximum absolute atomic E-state index is 12.5. The van der Waals surface area contributed by atoms with Crippen molar-refractivity contribution in [1.29, 1.82) is 0 Å². The minimum Gasteiger partial charge on any atom is -0.379 e. The van der Waals surface area contributed by atoms with Crippen LogP contribution < -0.4 is 0 Å². The lowest BCUT2D eigenvalue weighted by Gasteiger charge is -2.35. The van der Waals surface area contributed by atoms with Crippen LogP contribution in [0.3, 0.4) is 0 Å². The zero-order valence-corrected chi connectivity index (χ0v) is 12.3. The Kier molecular flexibility index (Phi) is 4.45. The average molecular weight is 291 g/mol. The molecule has 21 heavy (non-hydrogen) atoms. The van der Waals surface area contributed by atoms with Crippen LogP contribution in [0.5, 0.6) is 0 Å². The second-order valence-corrected chi connectivity index (χ2v) is 5.52. The molecule has 2 aliphatic rings. The predicted molar refractivity (Wildman–Crippen MR) is 75.9 cm³/mol. The SMILES string of the molecule is CCOC[C@@H]1CC[C@H]2[C@H](CCN2C(=O)c2ccnnc2)O1. The van der Waals surface area contributed by atoms with Gasteiger partial charge in [0.25, 0.3) is 5.91 Å². The summed E-state index contributed by atoms with van der Waals surface area (Å²) in [6, 6.07) is 1.90. The molecule has 0 spiro atoms. The first-order chi connectivity index (χ1) is 10.3. The zero-order chi connectivity index (χ0) is 14.7. The Hall–Kier alpha value is -1.53. The van der Waals surface area contributed by atoms with Crippen molar-refractivity contribution in [2.45, 2.75) is 44.4 Å². The maximum atomic E-state index is 12.5. The van der Waals surface area contributed by atoms with Crippen LogP contribution in [-0.2, 0) is 9.47 Å². The van der Waals surface area contributed by atoms with Crippen LogP contribution in [0.25, 0.3) is 0 Å². The number of aromatic nitrogens is 2. The second kappa shape index (κ2) is 6.49. The maximum Gasteiger partial charge on any atom is 0.255 e. The summed E-state index contributed by atoms with van der Waals surface area (Å²) in [5.41, 5.74) is 0.599. The fraction of sp³-hybridized carbons (Fsp3) is 0.667. The van der Waals surface area contributed by atoms with Crippen molar-refractivity contribution in [2.24, 2.45) is 0 Å². The van der Waals surface area contributed by atoms with Gasteiger partial charge in [-0.3, -0.25) is 4.79 Å². The number of likely N-dealkylation sites (tertiary alicyclic amines) is 1. The quantitative estimate of drug-likeness (QED) is 0.836. The third kappa shape index (κ3) is 3.06. The van der Waals surface area contributed by atoms with Crippen molar-refractivity contribution in [1.82, 2.24) is 15.1 Å². The van der Waals surface area contributed by atoms with Crippen LogP contribution in [0, 0.1) is 0 Å². The number of nitrogens with zero attached hydrogens (tertiary/aromatic N) is 3. The number of hydrogen-bond donors (Lipinski definition) is 0. The molecule has 1 aromatic rings. The number of amides is 1. The summed E-state index contributed by atoms with van der Waals surface area (Å²) < 4.78 is 11.5. The highest BCUT2D eigenvalue weighted by Gasteiger charge is 2.42. The molecule has 6 nitrogen and oxygen atoms in total. The van der Waals surface area contributed by atoms with Crippen molar-refractivity contribution in [3.63, 3.8) is 0 Å². The van der Waals surface area contributed by atoms with Crippen LogP contribution in [0.4, 0.5) is 0 Å². The van der Waals surface area contributed by atoms with Gasteiger partial charge in [-0.2, -0.15) is 10.2 Å². The van der Waals surface area contributed by atoms with E-state index in [0.29, 0.717) is 18.8 Å².